The molecular weight excluding hydrogens is 312 g/mol. The van der Waals surface area contributed by atoms with Crippen LogP contribution in [0.25, 0.3) is 22.6 Å². The number of rotatable bonds is 3. The van der Waals surface area contributed by atoms with Gasteiger partial charge in [-0.1, -0.05) is 48.5 Å². The van der Waals surface area contributed by atoms with Crippen LogP contribution in [0.5, 0.6) is 0 Å². The number of hydrogen-bond donors (Lipinski definition) is 1. The van der Waals surface area contributed by atoms with Gasteiger partial charge in [-0.25, -0.2) is 9.66 Å². The summed E-state index contributed by atoms with van der Waals surface area (Å²) in [5, 5.41) is 0. The van der Waals surface area contributed by atoms with E-state index in [-0.39, 0.29) is 5.43 Å². The third-order valence-electron chi connectivity index (χ3n) is 4.32. The highest BCUT2D eigenvalue weighted by Gasteiger charge is 2.18. The van der Waals surface area contributed by atoms with Gasteiger partial charge < -0.3 is 4.57 Å². The van der Waals surface area contributed by atoms with Gasteiger partial charge in [0.05, 0.1) is 5.69 Å². The Morgan fingerprint density at radius 2 is 1.60 bits per heavy atom. The van der Waals surface area contributed by atoms with Crippen LogP contribution in [-0.4, -0.2) is 14.2 Å². The molecule has 1 N–H and O–H groups in total. The van der Waals surface area contributed by atoms with E-state index in [9.17, 15) is 4.79 Å². The zero-order valence-electron chi connectivity index (χ0n) is 14.1. The van der Waals surface area contributed by atoms with E-state index in [1.807, 2.05) is 83.9 Å². The second kappa shape index (κ2) is 5.94. The van der Waals surface area contributed by atoms with E-state index in [1.54, 1.807) is 6.07 Å². The Kier molecular flexibility index (Phi) is 3.61. The van der Waals surface area contributed by atoms with E-state index in [4.69, 9.17) is 0 Å². The lowest BCUT2D eigenvalue weighted by molar-refractivity contribution is 0.844. The van der Waals surface area contributed by atoms with Crippen LogP contribution in [0, 0.1) is 6.92 Å². The van der Waals surface area contributed by atoms with Crippen LogP contribution >= 0.6 is 0 Å². The predicted molar refractivity (Wildman–Crippen MR) is 101 cm³/mol. The van der Waals surface area contributed by atoms with Crippen molar-refractivity contribution in [2.45, 2.75) is 6.92 Å². The van der Waals surface area contributed by atoms with Gasteiger partial charge in [0.2, 0.25) is 5.43 Å². The van der Waals surface area contributed by atoms with Crippen molar-refractivity contribution >= 4 is 16.9 Å². The molecule has 0 saturated heterocycles. The van der Waals surface area contributed by atoms with Gasteiger partial charge in [-0.3, -0.25) is 10.2 Å². The normalized spacial score (nSPS) is 11.0. The van der Waals surface area contributed by atoms with E-state index < -0.39 is 0 Å². The highest BCUT2D eigenvalue weighted by Crippen LogP contribution is 2.24. The molecule has 0 saturated carbocycles. The number of aryl methyl sites for hydroxylation is 2. The third kappa shape index (κ3) is 2.59. The summed E-state index contributed by atoms with van der Waals surface area (Å²) in [6.45, 7) is 1.92. The van der Waals surface area contributed by atoms with Gasteiger partial charge >= 0.3 is 0 Å². The standard InChI is InChI=1S/C20H18N4O/c1-14-13-17(25)18-20(23(14)2)24(22-16-11-7-4-8-12-16)19(21-18)15-9-5-3-6-10-15/h3-13,22H,1-2H3. The molecule has 0 radical (unpaired) electrons. The van der Waals surface area contributed by atoms with Crippen LogP contribution in [0.3, 0.4) is 0 Å². The van der Waals surface area contributed by atoms with E-state index in [1.165, 1.54) is 0 Å². The second-order valence-corrected chi connectivity index (χ2v) is 6.00. The van der Waals surface area contributed by atoms with Crippen molar-refractivity contribution in [2.24, 2.45) is 7.05 Å². The molecule has 4 aromatic rings. The number of benzene rings is 2. The van der Waals surface area contributed by atoms with Crippen molar-refractivity contribution in [3.63, 3.8) is 0 Å². The Labute approximate surface area is 145 Å². The molecule has 5 heteroatoms. The van der Waals surface area contributed by atoms with Gasteiger partial charge in [0, 0.05) is 24.4 Å². The summed E-state index contributed by atoms with van der Waals surface area (Å²) in [7, 11) is 1.94. The Hall–Kier alpha value is -3.34. The van der Waals surface area contributed by atoms with E-state index in [2.05, 4.69) is 10.4 Å². The number of para-hydroxylation sites is 1. The average molecular weight is 330 g/mol. The third-order valence-corrected chi connectivity index (χ3v) is 4.32. The van der Waals surface area contributed by atoms with Gasteiger partial charge in [0.1, 0.15) is 0 Å². The molecule has 2 heterocycles. The topological polar surface area (TPSA) is 51.9 Å². The first-order valence-corrected chi connectivity index (χ1v) is 8.12. The minimum absolute atomic E-state index is 0.0728. The quantitative estimate of drug-likeness (QED) is 0.624. The highest BCUT2D eigenvalue weighted by molar-refractivity contribution is 5.79. The van der Waals surface area contributed by atoms with Gasteiger partial charge in [-0.15, -0.1) is 0 Å². The summed E-state index contributed by atoms with van der Waals surface area (Å²) in [4.78, 5) is 17.1. The van der Waals surface area contributed by atoms with Crippen LogP contribution < -0.4 is 10.9 Å². The SMILES string of the molecule is Cc1cc(=O)c2nc(-c3ccccc3)n(Nc3ccccc3)c2n1C. The molecule has 0 bridgehead atoms. The molecule has 0 spiro atoms. The zero-order chi connectivity index (χ0) is 17.4. The maximum Gasteiger partial charge on any atom is 0.209 e. The van der Waals surface area contributed by atoms with Crippen molar-refractivity contribution in [1.29, 1.82) is 0 Å². The molecule has 0 aliphatic carbocycles. The Morgan fingerprint density at radius 1 is 0.960 bits per heavy atom. The number of nitrogens with one attached hydrogen (secondary N) is 1. The summed E-state index contributed by atoms with van der Waals surface area (Å²) in [6, 6.07) is 21.3. The Morgan fingerprint density at radius 3 is 2.28 bits per heavy atom. The lowest BCUT2D eigenvalue weighted by Crippen LogP contribution is -2.16. The van der Waals surface area contributed by atoms with Crippen LogP contribution in [0.15, 0.2) is 71.5 Å². The van der Waals surface area contributed by atoms with E-state index >= 15 is 0 Å². The number of hydrogen-bond acceptors (Lipinski definition) is 3. The molecule has 4 rings (SSSR count). The molecule has 124 valence electrons. The summed E-state index contributed by atoms with van der Waals surface area (Å²) in [5.74, 6) is 0.706. The summed E-state index contributed by atoms with van der Waals surface area (Å²) >= 11 is 0. The van der Waals surface area contributed by atoms with Crippen LogP contribution in [0.4, 0.5) is 5.69 Å². The van der Waals surface area contributed by atoms with Crippen LogP contribution in [0.1, 0.15) is 5.69 Å². The smallest absolute Gasteiger partial charge is 0.209 e. The van der Waals surface area contributed by atoms with Crippen molar-refractivity contribution in [3.8, 4) is 11.4 Å². The Bertz CT molecular complexity index is 1100. The number of fused-ring (bicyclic) bond motifs is 1. The van der Waals surface area contributed by atoms with Crippen molar-refractivity contribution in [3.05, 3.63) is 82.6 Å². The molecule has 0 unspecified atom stereocenters. The number of anilines is 1. The molecule has 0 aliphatic heterocycles. The molecule has 2 aromatic carbocycles. The lowest BCUT2D eigenvalue weighted by atomic mass is 10.2. The van der Waals surface area contributed by atoms with Crippen LogP contribution in [-0.2, 0) is 7.05 Å². The summed E-state index contributed by atoms with van der Waals surface area (Å²) in [6.07, 6.45) is 0. The van der Waals surface area contributed by atoms with Gasteiger partial charge in [-0.05, 0) is 19.1 Å². The number of pyridine rings is 1. The molecule has 0 amide bonds. The number of nitrogens with zero attached hydrogens (tertiary/aromatic N) is 3. The fourth-order valence-corrected chi connectivity index (χ4v) is 2.94. The van der Waals surface area contributed by atoms with Gasteiger partial charge in [0.15, 0.2) is 17.0 Å². The Balaban J connectivity index is 2.04. The lowest BCUT2D eigenvalue weighted by Gasteiger charge is -2.15. The maximum atomic E-state index is 12.5. The molecule has 25 heavy (non-hydrogen) atoms. The van der Waals surface area contributed by atoms with Crippen LogP contribution in [0.2, 0.25) is 0 Å². The van der Waals surface area contributed by atoms with Gasteiger partial charge in [0.25, 0.3) is 0 Å². The first-order chi connectivity index (χ1) is 12.1. The molecule has 0 atom stereocenters. The van der Waals surface area contributed by atoms with Gasteiger partial charge in [-0.2, -0.15) is 0 Å². The molecular formula is C20H18N4O. The molecule has 5 nitrogen and oxygen atoms in total. The summed E-state index contributed by atoms with van der Waals surface area (Å²) in [5.41, 5.74) is 7.26. The van der Waals surface area contributed by atoms with E-state index in [0.29, 0.717) is 11.3 Å². The average Bonchev–Trinajstić information content (AvgIpc) is 3.01. The molecule has 2 aromatic heterocycles. The maximum absolute atomic E-state index is 12.5. The number of imidazole rings is 1. The summed E-state index contributed by atoms with van der Waals surface area (Å²) < 4.78 is 3.86. The fourth-order valence-electron chi connectivity index (χ4n) is 2.94. The zero-order valence-corrected chi connectivity index (χ0v) is 14.1. The largest absolute Gasteiger partial charge is 0.331 e. The fraction of sp³-hybridized carbons (Fsp3) is 0.100. The minimum atomic E-state index is -0.0728. The molecule has 0 fully saturated rings. The van der Waals surface area contributed by atoms with E-state index in [0.717, 1.165) is 22.6 Å². The van der Waals surface area contributed by atoms with Crippen molar-refractivity contribution in [2.75, 3.05) is 5.43 Å². The number of aromatic nitrogens is 3. The molecule has 0 aliphatic rings. The minimum Gasteiger partial charge on any atom is -0.331 e. The predicted octanol–water partition coefficient (Wildman–Crippen LogP) is 3.59. The highest BCUT2D eigenvalue weighted by atomic mass is 16.1. The first kappa shape index (κ1) is 15.2. The monoisotopic (exact) mass is 330 g/mol. The van der Waals surface area contributed by atoms with Crippen molar-refractivity contribution < 1.29 is 0 Å². The first-order valence-electron chi connectivity index (χ1n) is 8.12. The second-order valence-electron chi connectivity index (χ2n) is 6.00. The van der Waals surface area contributed by atoms with Crippen molar-refractivity contribution in [1.82, 2.24) is 14.2 Å².